The van der Waals surface area contributed by atoms with Gasteiger partial charge in [-0.1, -0.05) is 23.2 Å². The first-order chi connectivity index (χ1) is 9.13. The van der Waals surface area contributed by atoms with Gasteiger partial charge in [0.15, 0.2) is 5.82 Å². The van der Waals surface area contributed by atoms with Crippen molar-refractivity contribution in [3.63, 3.8) is 0 Å². The fraction of sp³-hybridized carbons (Fsp3) is 0. The third-order valence-corrected chi connectivity index (χ3v) is 3.11. The van der Waals surface area contributed by atoms with Gasteiger partial charge < -0.3 is 5.32 Å². The number of halogens is 3. The lowest BCUT2D eigenvalue weighted by molar-refractivity contribution is 0.630. The molecule has 0 atom stereocenters. The van der Waals surface area contributed by atoms with Gasteiger partial charge in [-0.25, -0.2) is 9.37 Å². The van der Waals surface area contributed by atoms with Crippen molar-refractivity contribution in [1.29, 1.82) is 0 Å². The van der Waals surface area contributed by atoms with Gasteiger partial charge in [-0.05, 0) is 24.3 Å². The molecule has 1 aromatic carbocycles. The van der Waals surface area contributed by atoms with Gasteiger partial charge in [0.05, 0.1) is 22.4 Å². The van der Waals surface area contributed by atoms with Crippen molar-refractivity contribution in [1.82, 2.24) is 15.2 Å². The van der Waals surface area contributed by atoms with E-state index in [0.717, 1.165) is 0 Å². The van der Waals surface area contributed by atoms with Crippen molar-refractivity contribution < 1.29 is 4.39 Å². The summed E-state index contributed by atoms with van der Waals surface area (Å²) in [5, 5.41) is 10.9. The van der Waals surface area contributed by atoms with E-state index in [-0.39, 0.29) is 5.02 Å². The summed E-state index contributed by atoms with van der Waals surface area (Å²) in [4.78, 5) is 3.94. The minimum atomic E-state index is -0.493. The Bertz CT molecular complexity index is 739. The normalized spacial score (nSPS) is 10.9. The van der Waals surface area contributed by atoms with Gasteiger partial charge in [0, 0.05) is 5.39 Å². The highest BCUT2D eigenvalue weighted by Crippen LogP contribution is 2.28. The SMILES string of the molecule is Fc1cc2c(Nc3ccc(Cl)nc3)n[nH]c2cc1Cl. The lowest BCUT2D eigenvalue weighted by Crippen LogP contribution is -1.92. The molecule has 19 heavy (non-hydrogen) atoms. The molecule has 2 N–H and O–H groups in total. The molecule has 0 bridgehead atoms. The third-order valence-electron chi connectivity index (χ3n) is 2.59. The number of nitrogens with zero attached hydrogens (tertiary/aromatic N) is 2. The van der Waals surface area contributed by atoms with Crippen LogP contribution < -0.4 is 5.32 Å². The molecule has 7 heteroatoms. The summed E-state index contributed by atoms with van der Waals surface area (Å²) in [6.45, 7) is 0. The molecule has 2 heterocycles. The highest BCUT2D eigenvalue weighted by atomic mass is 35.5. The van der Waals surface area contributed by atoms with Gasteiger partial charge in [-0.15, -0.1) is 0 Å². The molecule has 2 aromatic heterocycles. The molecule has 96 valence electrons. The number of fused-ring (bicyclic) bond motifs is 1. The third kappa shape index (κ3) is 2.34. The second kappa shape index (κ2) is 4.68. The topological polar surface area (TPSA) is 53.6 Å². The molecule has 0 aliphatic heterocycles. The maximum Gasteiger partial charge on any atom is 0.160 e. The first-order valence-corrected chi connectivity index (χ1v) is 6.11. The van der Waals surface area contributed by atoms with Crippen molar-refractivity contribution in [3.8, 4) is 0 Å². The number of pyridine rings is 1. The van der Waals surface area contributed by atoms with Crippen molar-refractivity contribution in [2.45, 2.75) is 0 Å². The van der Waals surface area contributed by atoms with E-state index in [1.165, 1.54) is 12.1 Å². The highest BCUT2D eigenvalue weighted by molar-refractivity contribution is 6.31. The Morgan fingerprint density at radius 2 is 2.05 bits per heavy atom. The first kappa shape index (κ1) is 12.2. The molecule has 0 saturated carbocycles. The van der Waals surface area contributed by atoms with Crippen molar-refractivity contribution >= 4 is 45.6 Å². The van der Waals surface area contributed by atoms with Gasteiger partial charge in [0.1, 0.15) is 11.0 Å². The van der Waals surface area contributed by atoms with E-state index in [1.807, 2.05) is 0 Å². The highest BCUT2D eigenvalue weighted by Gasteiger charge is 2.10. The average molecular weight is 297 g/mol. The van der Waals surface area contributed by atoms with Crippen LogP contribution in [0.2, 0.25) is 10.2 Å². The van der Waals surface area contributed by atoms with Crippen LogP contribution in [0.1, 0.15) is 0 Å². The Hall–Kier alpha value is -1.85. The van der Waals surface area contributed by atoms with Gasteiger partial charge in [0.25, 0.3) is 0 Å². The Labute approximate surface area is 117 Å². The van der Waals surface area contributed by atoms with Gasteiger partial charge in [0.2, 0.25) is 0 Å². The molecule has 4 nitrogen and oxygen atoms in total. The quantitative estimate of drug-likeness (QED) is 0.699. The van der Waals surface area contributed by atoms with E-state index < -0.39 is 5.82 Å². The van der Waals surface area contributed by atoms with Crippen LogP contribution in [0.25, 0.3) is 10.9 Å². The number of nitrogens with one attached hydrogen (secondary N) is 2. The zero-order chi connectivity index (χ0) is 13.4. The molecule has 0 amide bonds. The number of hydrogen-bond donors (Lipinski definition) is 2. The van der Waals surface area contributed by atoms with E-state index in [4.69, 9.17) is 23.2 Å². The van der Waals surface area contributed by atoms with Crippen LogP contribution in [0.15, 0.2) is 30.5 Å². The summed E-state index contributed by atoms with van der Waals surface area (Å²) in [7, 11) is 0. The summed E-state index contributed by atoms with van der Waals surface area (Å²) in [5.74, 6) is 0.00235. The molecule has 0 fully saturated rings. The van der Waals surface area contributed by atoms with Crippen LogP contribution in [-0.4, -0.2) is 15.2 Å². The molecule has 0 aliphatic carbocycles. The number of H-pyrrole nitrogens is 1. The maximum absolute atomic E-state index is 13.5. The van der Waals surface area contributed by atoms with E-state index >= 15 is 0 Å². The van der Waals surface area contributed by atoms with E-state index in [0.29, 0.717) is 27.6 Å². The monoisotopic (exact) mass is 296 g/mol. The van der Waals surface area contributed by atoms with Crippen LogP contribution >= 0.6 is 23.2 Å². The zero-order valence-electron chi connectivity index (χ0n) is 9.42. The van der Waals surface area contributed by atoms with Crippen LogP contribution in [0.5, 0.6) is 0 Å². The van der Waals surface area contributed by atoms with Crippen molar-refractivity contribution in [2.24, 2.45) is 0 Å². The summed E-state index contributed by atoms with van der Waals surface area (Å²) < 4.78 is 13.5. The zero-order valence-corrected chi connectivity index (χ0v) is 10.9. The Morgan fingerprint density at radius 1 is 1.21 bits per heavy atom. The van der Waals surface area contributed by atoms with E-state index in [1.54, 1.807) is 18.3 Å². The fourth-order valence-electron chi connectivity index (χ4n) is 1.69. The standard InChI is InChI=1S/C12H7Cl2FN4/c13-8-4-10-7(3-9(8)15)12(19-18-10)17-6-1-2-11(14)16-5-6/h1-5H,(H2,17,18,19). The predicted molar refractivity (Wildman–Crippen MR) is 73.6 cm³/mol. The van der Waals surface area contributed by atoms with Crippen LogP contribution in [0.4, 0.5) is 15.9 Å². The molecule has 0 aliphatic rings. The molecule has 3 aromatic rings. The second-order valence-corrected chi connectivity index (χ2v) is 4.67. The molecule has 0 spiro atoms. The Balaban J connectivity index is 2.01. The first-order valence-electron chi connectivity index (χ1n) is 5.35. The lowest BCUT2D eigenvalue weighted by atomic mass is 10.2. The summed E-state index contributed by atoms with van der Waals surface area (Å²) in [6, 6.07) is 6.22. The van der Waals surface area contributed by atoms with Crippen molar-refractivity contribution in [2.75, 3.05) is 5.32 Å². The summed E-state index contributed by atoms with van der Waals surface area (Å²) in [5.41, 5.74) is 1.35. The average Bonchev–Trinajstić information content (AvgIpc) is 2.76. The molecular weight excluding hydrogens is 290 g/mol. The van der Waals surface area contributed by atoms with Gasteiger partial charge in [-0.3, -0.25) is 5.10 Å². The molecule has 0 saturated heterocycles. The van der Waals surface area contributed by atoms with Crippen LogP contribution in [-0.2, 0) is 0 Å². The van der Waals surface area contributed by atoms with Crippen molar-refractivity contribution in [3.05, 3.63) is 46.5 Å². The van der Waals surface area contributed by atoms with Crippen LogP contribution in [0, 0.1) is 5.82 Å². The summed E-state index contributed by atoms with van der Waals surface area (Å²) in [6.07, 6.45) is 1.56. The number of aromatic nitrogens is 3. The second-order valence-electron chi connectivity index (χ2n) is 3.88. The Morgan fingerprint density at radius 3 is 2.79 bits per heavy atom. The smallest absolute Gasteiger partial charge is 0.160 e. The minimum Gasteiger partial charge on any atom is -0.337 e. The molecule has 0 radical (unpaired) electrons. The molecular formula is C12H7Cl2FN4. The van der Waals surface area contributed by atoms with E-state index in [2.05, 4.69) is 20.5 Å². The van der Waals surface area contributed by atoms with Crippen LogP contribution in [0.3, 0.4) is 0 Å². The van der Waals surface area contributed by atoms with Gasteiger partial charge >= 0.3 is 0 Å². The number of hydrogen-bond acceptors (Lipinski definition) is 3. The molecule has 0 unspecified atom stereocenters. The lowest BCUT2D eigenvalue weighted by Gasteiger charge is -2.03. The fourth-order valence-corrected chi connectivity index (χ4v) is 1.97. The molecule has 3 rings (SSSR count). The maximum atomic E-state index is 13.5. The largest absolute Gasteiger partial charge is 0.337 e. The van der Waals surface area contributed by atoms with E-state index in [9.17, 15) is 4.39 Å². The van der Waals surface area contributed by atoms with Gasteiger partial charge in [-0.2, -0.15) is 5.10 Å². The summed E-state index contributed by atoms with van der Waals surface area (Å²) >= 11 is 11.4. The Kier molecular flexibility index (Phi) is 3.00. The number of anilines is 2. The number of benzene rings is 1. The predicted octanol–water partition coefficient (Wildman–Crippen LogP) is 4.15. The number of aromatic amines is 1. The minimum absolute atomic E-state index is 0.0517. The number of rotatable bonds is 2.